The molecule has 0 heterocycles. The van der Waals surface area contributed by atoms with Gasteiger partial charge in [0, 0.05) is 12.6 Å². The van der Waals surface area contributed by atoms with Crippen LogP contribution in [0.1, 0.15) is 25.7 Å². The largest absolute Gasteiger partial charge is 0.488 e. The Labute approximate surface area is 118 Å². The van der Waals surface area contributed by atoms with Crippen LogP contribution in [0.2, 0.25) is 0 Å². The van der Waals surface area contributed by atoms with Crippen LogP contribution in [0.5, 0.6) is 5.75 Å². The van der Waals surface area contributed by atoms with E-state index in [0.717, 1.165) is 19.3 Å². The zero-order valence-corrected chi connectivity index (χ0v) is 11.5. The van der Waals surface area contributed by atoms with Gasteiger partial charge in [-0.25, -0.2) is 4.39 Å². The van der Waals surface area contributed by atoms with Crippen LogP contribution in [0, 0.1) is 5.82 Å². The Balaban J connectivity index is 1.88. The predicted molar refractivity (Wildman–Crippen MR) is 74.2 cm³/mol. The molecule has 1 aliphatic carbocycles. The van der Waals surface area contributed by atoms with E-state index in [9.17, 15) is 9.50 Å². The molecule has 2 rings (SSSR count). The summed E-state index contributed by atoms with van der Waals surface area (Å²) in [5.41, 5.74) is 0. The summed E-state index contributed by atoms with van der Waals surface area (Å²) in [6, 6.07) is 5.83. The van der Waals surface area contributed by atoms with Crippen LogP contribution in [-0.4, -0.2) is 41.6 Å². The Bertz CT molecular complexity index is 399. The molecule has 1 aromatic carbocycles. The highest BCUT2D eigenvalue weighted by Crippen LogP contribution is 2.24. The van der Waals surface area contributed by atoms with Crippen molar-refractivity contribution in [3.8, 4) is 5.75 Å². The molecular weight excluding hydrogens is 261 g/mol. The number of aliphatic hydroxyl groups excluding tert-OH is 2. The third-order valence-corrected chi connectivity index (χ3v) is 3.64. The minimum absolute atomic E-state index is 0.0132. The molecule has 0 unspecified atom stereocenters. The number of nitrogens with one attached hydrogen (secondary N) is 1. The van der Waals surface area contributed by atoms with E-state index >= 15 is 0 Å². The molecule has 0 spiro atoms. The Hall–Kier alpha value is -1.17. The van der Waals surface area contributed by atoms with E-state index in [4.69, 9.17) is 9.84 Å². The minimum atomic E-state index is -0.590. The topological polar surface area (TPSA) is 61.7 Å². The SMILES string of the molecule is OCCCN[C@H]1CCC[C@@H](Oc2ccc(F)cc2)[C@@H]1O. The van der Waals surface area contributed by atoms with Gasteiger partial charge in [0.15, 0.2) is 0 Å². The van der Waals surface area contributed by atoms with Gasteiger partial charge in [-0.1, -0.05) is 0 Å². The molecule has 1 aliphatic rings. The first-order valence-electron chi connectivity index (χ1n) is 7.15. The summed E-state index contributed by atoms with van der Waals surface area (Å²) in [6.07, 6.45) is 2.47. The van der Waals surface area contributed by atoms with Crippen LogP contribution < -0.4 is 10.1 Å². The number of rotatable bonds is 6. The normalized spacial score (nSPS) is 26.4. The summed E-state index contributed by atoms with van der Waals surface area (Å²) in [4.78, 5) is 0. The number of benzene rings is 1. The summed E-state index contributed by atoms with van der Waals surface area (Å²) < 4.78 is 18.6. The smallest absolute Gasteiger partial charge is 0.126 e. The van der Waals surface area contributed by atoms with E-state index in [1.54, 1.807) is 12.1 Å². The second-order valence-electron chi connectivity index (χ2n) is 5.17. The van der Waals surface area contributed by atoms with E-state index in [2.05, 4.69) is 5.32 Å². The quantitative estimate of drug-likeness (QED) is 0.692. The highest BCUT2D eigenvalue weighted by Gasteiger charge is 2.32. The van der Waals surface area contributed by atoms with Crippen molar-refractivity contribution in [1.29, 1.82) is 0 Å². The Morgan fingerprint density at radius 3 is 2.70 bits per heavy atom. The fraction of sp³-hybridized carbons (Fsp3) is 0.600. The van der Waals surface area contributed by atoms with Crippen molar-refractivity contribution < 1.29 is 19.3 Å². The van der Waals surface area contributed by atoms with Crippen LogP contribution in [0.4, 0.5) is 4.39 Å². The maximum atomic E-state index is 12.8. The molecule has 0 bridgehead atoms. The summed E-state index contributed by atoms with van der Waals surface area (Å²) in [5, 5.41) is 22.3. The zero-order valence-electron chi connectivity index (χ0n) is 11.5. The van der Waals surface area contributed by atoms with Gasteiger partial charge in [-0.2, -0.15) is 0 Å². The first kappa shape index (κ1) is 15.2. The maximum Gasteiger partial charge on any atom is 0.126 e. The lowest BCUT2D eigenvalue weighted by molar-refractivity contribution is -0.0155. The number of ether oxygens (including phenoxy) is 1. The molecule has 20 heavy (non-hydrogen) atoms. The third kappa shape index (κ3) is 4.16. The van der Waals surface area contributed by atoms with Crippen LogP contribution in [0.25, 0.3) is 0 Å². The van der Waals surface area contributed by atoms with Crippen molar-refractivity contribution in [1.82, 2.24) is 5.32 Å². The second-order valence-corrected chi connectivity index (χ2v) is 5.17. The molecule has 3 N–H and O–H groups in total. The average Bonchev–Trinajstić information content (AvgIpc) is 2.45. The van der Waals surface area contributed by atoms with E-state index in [1.165, 1.54) is 12.1 Å². The average molecular weight is 283 g/mol. The summed E-state index contributed by atoms with van der Waals surface area (Å²) in [6.45, 7) is 0.826. The fourth-order valence-corrected chi connectivity index (χ4v) is 2.55. The molecule has 112 valence electrons. The lowest BCUT2D eigenvalue weighted by Gasteiger charge is -2.35. The first-order chi connectivity index (χ1) is 9.70. The molecule has 1 aromatic rings. The second kappa shape index (κ2) is 7.57. The fourth-order valence-electron chi connectivity index (χ4n) is 2.55. The van der Waals surface area contributed by atoms with Gasteiger partial charge in [0.1, 0.15) is 23.8 Å². The van der Waals surface area contributed by atoms with Crippen molar-refractivity contribution in [2.75, 3.05) is 13.2 Å². The van der Waals surface area contributed by atoms with E-state index in [1.807, 2.05) is 0 Å². The van der Waals surface area contributed by atoms with Gasteiger partial charge < -0.3 is 20.3 Å². The van der Waals surface area contributed by atoms with Crippen molar-refractivity contribution in [2.24, 2.45) is 0 Å². The lowest BCUT2D eigenvalue weighted by atomic mass is 9.89. The van der Waals surface area contributed by atoms with E-state index < -0.39 is 6.10 Å². The van der Waals surface area contributed by atoms with Crippen molar-refractivity contribution in [2.45, 2.75) is 43.9 Å². The maximum absolute atomic E-state index is 12.8. The number of aliphatic hydroxyl groups is 2. The third-order valence-electron chi connectivity index (χ3n) is 3.64. The first-order valence-corrected chi connectivity index (χ1v) is 7.15. The van der Waals surface area contributed by atoms with Crippen LogP contribution in [0.15, 0.2) is 24.3 Å². The molecule has 0 amide bonds. The van der Waals surface area contributed by atoms with Crippen molar-refractivity contribution >= 4 is 0 Å². The van der Waals surface area contributed by atoms with Gasteiger partial charge in [-0.3, -0.25) is 0 Å². The molecule has 0 radical (unpaired) electrons. The molecule has 0 saturated heterocycles. The van der Waals surface area contributed by atoms with Gasteiger partial charge in [0.2, 0.25) is 0 Å². The van der Waals surface area contributed by atoms with E-state index in [-0.39, 0.29) is 24.6 Å². The molecule has 1 fully saturated rings. The highest BCUT2D eigenvalue weighted by molar-refractivity contribution is 5.22. The molecule has 0 aliphatic heterocycles. The monoisotopic (exact) mass is 283 g/mol. The van der Waals surface area contributed by atoms with Gasteiger partial charge in [0.05, 0.1) is 0 Å². The zero-order chi connectivity index (χ0) is 14.4. The number of halogens is 1. The standard InChI is InChI=1S/C15H22FNO3/c16-11-5-7-12(8-6-11)20-14-4-1-3-13(15(14)19)17-9-2-10-18/h5-8,13-15,17-19H,1-4,9-10H2/t13-,14+,15+/m0/s1. The van der Waals surface area contributed by atoms with Crippen LogP contribution in [-0.2, 0) is 0 Å². The molecule has 5 heteroatoms. The molecule has 3 atom stereocenters. The van der Waals surface area contributed by atoms with Crippen molar-refractivity contribution in [3.05, 3.63) is 30.1 Å². The van der Waals surface area contributed by atoms with E-state index in [0.29, 0.717) is 18.7 Å². The van der Waals surface area contributed by atoms with Gasteiger partial charge in [-0.15, -0.1) is 0 Å². The molecule has 4 nitrogen and oxygen atoms in total. The number of hydrogen-bond donors (Lipinski definition) is 3. The van der Waals surface area contributed by atoms with Crippen molar-refractivity contribution in [3.63, 3.8) is 0 Å². The van der Waals surface area contributed by atoms with Crippen LogP contribution in [0.3, 0.4) is 0 Å². The summed E-state index contributed by atoms with van der Waals surface area (Å²) in [5.74, 6) is 0.275. The minimum Gasteiger partial charge on any atom is -0.488 e. The van der Waals surface area contributed by atoms with Gasteiger partial charge in [-0.05, 0) is 56.5 Å². The Kier molecular flexibility index (Phi) is 5.76. The Morgan fingerprint density at radius 2 is 2.00 bits per heavy atom. The number of hydrogen-bond acceptors (Lipinski definition) is 4. The predicted octanol–water partition coefficient (Wildman–Crippen LogP) is 1.46. The lowest BCUT2D eigenvalue weighted by Crippen LogP contribution is -2.51. The highest BCUT2D eigenvalue weighted by atomic mass is 19.1. The van der Waals surface area contributed by atoms with Gasteiger partial charge in [0.25, 0.3) is 0 Å². The molecular formula is C15H22FNO3. The van der Waals surface area contributed by atoms with Gasteiger partial charge >= 0.3 is 0 Å². The molecule has 0 aromatic heterocycles. The summed E-state index contributed by atoms with van der Waals surface area (Å²) in [7, 11) is 0. The molecule has 1 saturated carbocycles. The van der Waals surface area contributed by atoms with Crippen LogP contribution >= 0.6 is 0 Å². The Morgan fingerprint density at radius 1 is 1.25 bits per heavy atom. The summed E-state index contributed by atoms with van der Waals surface area (Å²) >= 11 is 0.